The second-order valence-electron chi connectivity index (χ2n) is 5.17. The van der Waals surface area contributed by atoms with E-state index in [-0.39, 0.29) is 5.95 Å². The fourth-order valence-electron chi connectivity index (χ4n) is 2.19. The van der Waals surface area contributed by atoms with E-state index in [4.69, 9.17) is 15.2 Å². The molecule has 0 unspecified atom stereocenters. The van der Waals surface area contributed by atoms with E-state index in [0.29, 0.717) is 23.0 Å². The Labute approximate surface area is 133 Å². The van der Waals surface area contributed by atoms with E-state index in [0.717, 1.165) is 11.4 Å². The molecular formula is C15H18N6O2. The van der Waals surface area contributed by atoms with Crippen LogP contribution in [0.1, 0.15) is 0 Å². The van der Waals surface area contributed by atoms with Gasteiger partial charge in [0.1, 0.15) is 17.3 Å². The number of rotatable bonds is 4. The lowest BCUT2D eigenvalue weighted by atomic mass is 10.2. The maximum absolute atomic E-state index is 5.97. The highest BCUT2D eigenvalue weighted by atomic mass is 16.5. The molecule has 120 valence electrons. The van der Waals surface area contributed by atoms with Crippen LogP contribution < -0.4 is 20.1 Å². The molecule has 0 fully saturated rings. The second kappa shape index (κ2) is 5.64. The van der Waals surface area contributed by atoms with E-state index < -0.39 is 0 Å². The van der Waals surface area contributed by atoms with Crippen LogP contribution in [0.25, 0.3) is 17.0 Å². The number of anilines is 2. The molecule has 0 radical (unpaired) electrons. The quantitative estimate of drug-likeness (QED) is 0.779. The number of aromatic nitrogens is 4. The molecule has 8 nitrogen and oxygen atoms in total. The Morgan fingerprint density at radius 2 is 1.65 bits per heavy atom. The maximum Gasteiger partial charge on any atom is 0.225 e. The van der Waals surface area contributed by atoms with E-state index in [1.807, 2.05) is 37.2 Å². The van der Waals surface area contributed by atoms with E-state index in [1.54, 1.807) is 20.3 Å². The fourth-order valence-corrected chi connectivity index (χ4v) is 2.19. The number of nitrogens with zero attached hydrogens (tertiary/aromatic N) is 5. The van der Waals surface area contributed by atoms with E-state index in [1.165, 1.54) is 4.52 Å². The molecule has 1 aromatic carbocycles. The number of benzene rings is 1. The van der Waals surface area contributed by atoms with E-state index in [2.05, 4.69) is 15.1 Å². The Hall–Kier alpha value is -3.03. The first kappa shape index (κ1) is 14.9. The number of methoxy groups -OCH3 is 2. The number of fused-ring (bicyclic) bond motifs is 1. The molecule has 0 saturated carbocycles. The lowest BCUT2D eigenvalue weighted by Crippen LogP contribution is -2.13. The smallest absolute Gasteiger partial charge is 0.225 e. The highest BCUT2D eigenvalue weighted by Gasteiger charge is 2.13. The number of hydrogen-bond acceptors (Lipinski definition) is 7. The normalized spacial score (nSPS) is 10.8. The molecule has 2 N–H and O–H groups in total. The minimum atomic E-state index is 0.278. The summed E-state index contributed by atoms with van der Waals surface area (Å²) in [5.41, 5.74) is 7.37. The van der Waals surface area contributed by atoms with Gasteiger partial charge in [-0.3, -0.25) is 0 Å². The maximum atomic E-state index is 5.97. The Morgan fingerprint density at radius 3 is 2.22 bits per heavy atom. The molecule has 0 aliphatic rings. The van der Waals surface area contributed by atoms with Crippen LogP contribution in [0.3, 0.4) is 0 Å². The van der Waals surface area contributed by atoms with Crippen molar-refractivity contribution in [1.82, 2.24) is 19.6 Å². The van der Waals surface area contributed by atoms with Crippen molar-refractivity contribution < 1.29 is 9.47 Å². The summed E-state index contributed by atoms with van der Waals surface area (Å²) >= 11 is 0. The topological polar surface area (TPSA) is 90.8 Å². The van der Waals surface area contributed by atoms with Crippen LogP contribution in [0.5, 0.6) is 11.5 Å². The summed E-state index contributed by atoms with van der Waals surface area (Å²) < 4.78 is 12.1. The van der Waals surface area contributed by atoms with Gasteiger partial charge in [0, 0.05) is 31.8 Å². The minimum Gasteiger partial charge on any atom is -0.497 e. The number of nitrogens with two attached hydrogens (primary N) is 1. The van der Waals surface area contributed by atoms with Crippen LogP contribution in [-0.4, -0.2) is 47.9 Å². The monoisotopic (exact) mass is 314 g/mol. The third-order valence-corrected chi connectivity index (χ3v) is 3.40. The molecule has 0 aliphatic heterocycles. The Kier molecular flexibility index (Phi) is 3.65. The molecule has 3 rings (SSSR count). The molecular weight excluding hydrogens is 296 g/mol. The third kappa shape index (κ3) is 2.70. The highest BCUT2D eigenvalue weighted by molar-refractivity contribution is 5.65. The summed E-state index contributed by atoms with van der Waals surface area (Å²) in [5.74, 6) is 2.85. The van der Waals surface area contributed by atoms with Gasteiger partial charge in [-0.15, -0.1) is 5.10 Å². The number of hydrogen-bond donors (Lipinski definition) is 1. The predicted molar refractivity (Wildman–Crippen MR) is 88.1 cm³/mol. The number of nitrogen functional groups attached to an aromatic ring is 1. The van der Waals surface area contributed by atoms with Gasteiger partial charge in [-0.25, -0.2) is 4.98 Å². The van der Waals surface area contributed by atoms with Crippen molar-refractivity contribution in [2.45, 2.75) is 0 Å². The van der Waals surface area contributed by atoms with Gasteiger partial charge in [0.05, 0.1) is 14.2 Å². The highest BCUT2D eigenvalue weighted by Crippen LogP contribution is 2.28. The van der Waals surface area contributed by atoms with Gasteiger partial charge in [0.25, 0.3) is 0 Å². The van der Waals surface area contributed by atoms with Gasteiger partial charge in [-0.2, -0.15) is 9.50 Å². The predicted octanol–water partition coefficient (Wildman–Crippen LogP) is 1.46. The average molecular weight is 314 g/mol. The third-order valence-electron chi connectivity index (χ3n) is 3.40. The van der Waals surface area contributed by atoms with Crippen LogP contribution in [0.2, 0.25) is 0 Å². The molecule has 23 heavy (non-hydrogen) atoms. The zero-order valence-corrected chi connectivity index (χ0v) is 13.4. The van der Waals surface area contributed by atoms with Gasteiger partial charge in [-0.05, 0) is 12.1 Å². The Balaban J connectivity index is 2.15. The molecule has 0 amide bonds. The minimum absolute atomic E-state index is 0.278. The first-order valence-electron chi connectivity index (χ1n) is 6.96. The van der Waals surface area contributed by atoms with E-state index in [9.17, 15) is 0 Å². The summed E-state index contributed by atoms with van der Waals surface area (Å²) in [6.07, 6.45) is 0. The van der Waals surface area contributed by atoms with Crippen molar-refractivity contribution in [3.8, 4) is 22.9 Å². The van der Waals surface area contributed by atoms with Crippen LogP contribution in [0.4, 0.5) is 11.8 Å². The van der Waals surface area contributed by atoms with Gasteiger partial charge in [0.2, 0.25) is 5.95 Å². The molecule has 0 saturated heterocycles. The summed E-state index contributed by atoms with van der Waals surface area (Å²) in [4.78, 5) is 10.7. The summed E-state index contributed by atoms with van der Waals surface area (Å²) in [6.45, 7) is 0. The Bertz CT molecular complexity index is 836. The standard InChI is InChI=1S/C15H18N6O2/c1-20(2)12-8-13-17-14(19-21(13)15(16)18-12)9-5-10(22-3)7-11(6-9)23-4/h5-8H,1-4H3,(H2,16,18). The van der Waals surface area contributed by atoms with Crippen molar-refractivity contribution in [2.24, 2.45) is 0 Å². The first-order chi connectivity index (χ1) is 11.0. The van der Waals surface area contributed by atoms with Crippen molar-refractivity contribution in [2.75, 3.05) is 38.9 Å². The van der Waals surface area contributed by atoms with Crippen LogP contribution in [0, 0.1) is 0 Å². The van der Waals surface area contributed by atoms with Gasteiger partial charge < -0.3 is 20.1 Å². The Morgan fingerprint density at radius 1 is 1.00 bits per heavy atom. The van der Waals surface area contributed by atoms with Crippen molar-refractivity contribution in [1.29, 1.82) is 0 Å². The van der Waals surface area contributed by atoms with Crippen molar-refractivity contribution >= 4 is 17.4 Å². The number of ether oxygens (including phenoxy) is 2. The molecule has 2 heterocycles. The van der Waals surface area contributed by atoms with E-state index >= 15 is 0 Å². The van der Waals surface area contributed by atoms with Gasteiger partial charge in [0.15, 0.2) is 11.5 Å². The molecule has 0 atom stereocenters. The molecule has 2 aromatic heterocycles. The average Bonchev–Trinajstić information content (AvgIpc) is 2.99. The lowest BCUT2D eigenvalue weighted by molar-refractivity contribution is 0.394. The lowest BCUT2D eigenvalue weighted by Gasteiger charge is -2.11. The summed E-state index contributed by atoms with van der Waals surface area (Å²) in [5, 5.41) is 4.42. The zero-order chi connectivity index (χ0) is 16.6. The van der Waals surface area contributed by atoms with Crippen LogP contribution in [-0.2, 0) is 0 Å². The van der Waals surface area contributed by atoms with Crippen molar-refractivity contribution in [3.63, 3.8) is 0 Å². The fraction of sp³-hybridized carbons (Fsp3) is 0.267. The largest absolute Gasteiger partial charge is 0.497 e. The van der Waals surface area contributed by atoms with Crippen LogP contribution >= 0.6 is 0 Å². The van der Waals surface area contributed by atoms with Gasteiger partial charge in [-0.1, -0.05) is 0 Å². The summed E-state index contributed by atoms with van der Waals surface area (Å²) in [7, 11) is 6.98. The zero-order valence-electron chi connectivity index (χ0n) is 13.4. The first-order valence-corrected chi connectivity index (χ1v) is 6.96. The molecule has 3 aromatic rings. The van der Waals surface area contributed by atoms with Gasteiger partial charge >= 0.3 is 0 Å². The van der Waals surface area contributed by atoms with Crippen molar-refractivity contribution in [3.05, 3.63) is 24.3 Å². The van der Waals surface area contributed by atoms with Crippen LogP contribution in [0.15, 0.2) is 24.3 Å². The SMILES string of the molecule is COc1cc(OC)cc(-c2nc3cc(N(C)C)nc(N)n3n2)c1. The summed E-state index contributed by atoms with van der Waals surface area (Å²) in [6, 6.07) is 7.30. The molecule has 0 spiro atoms. The second-order valence-corrected chi connectivity index (χ2v) is 5.17. The molecule has 8 heteroatoms. The molecule has 0 aliphatic carbocycles. The molecule has 0 bridgehead atoms.